The summed E-state index contributed by atoms with van der Waals surface area (Å²) in [5.41, 5.74) is 4.18. The number of aryl methyl sites for hydroxylation is 2. The molecule has 0 heterocycles. The van der Waals surface area contributed by atoms with Gasteiger partial charge in [0.1, 0.15) is 0 Å². The van der Waals surface area contributed by atoms with Gasteiger partial charge in [0.05, 0.1) is 0 Å². The second kappa shape index (κ2) is 6.44. The van der Waals surface area contributed by atoms with Crippen LogP contribution in [0.5, 0.6) is 0 Å². The molecule has 0 amide bonds. The van der Waals surface area contributed by atoms with Crippen molar-refractivity contribution in [2.75, 3.05) is 11.6 Å². The van der Waals surface area contributed by atoms with Gasteiger partial charge >= 0.3 is 0 Å². The molecule has 0 bridgehead atoms. The Bertz CT molecular complexity index is 309. The largest absolute Gasteiger partial charge is 0.157 e. The van der Waals surface area contributed by atoms with Crippen LogP contribution in [0.3, 0.4) is 0 Å². The SMILES string of the molecule is Cc1ccc(CSCC(C)CCl)cc1C. The van der Waals surface area contributed by atoms with Gasteiger partial charge in [-0.2, -0.15) is 11.8 Å². The maximum Gasteiger partial charge on any atom is 0.0257 e. The van der Waals surface area contributed by atoms with Gasteiger partial charge in [0.2, 0.25) is 0 Å². The van der Waals surface area contributed by atoms with Crippen molar-refractivity contribution in [2.24, 2.45) is 5.92 Å². The Balaban J connectivity index is 2.41. The van der Waals surface area contributed by atoms with Crippen molar-refractivity contribution in [3.63, 3.8) is 0 Å². The van der Waals surface area contributed by atoms with Gasteiger partial charge in [-0.25, -0.2) is 0 Å². The summed E-state index contributed by atoms with van der Waals surface area (Å²) in [5.74, 6) is 3.63. The molecule has 0 spiro atoms. The molecule has 0 aromatic heterocycles. The third-order valence-corrected chi connectivity index (χ3v) is 4.37. The second-order valence-corrected chi connectivity index (χ2v) is 5.53. The van der Waals surface area contributed by atoms with Gasteiger partial charge in [-0.05, 0) is 42.2 Å². The first kappa shape index (κ1) is 12.9. The third kappa shape index (κ3) is 4.48. The fourth-order valence-electron chi connectivity index (χ4n) is 1.32. The van der Waals surface area contributed by atoms with Crippen LogP contribution in [0.1, 0.15) is 23.6 Å². The lowest BCUT2D eigenvalue weighted by molar-refractivity contribution is 0.759. The van der Waals surface area contributed by atoms with Crippen LogP contribution >= 0.6 is 23.4 Å². The van der Waals surface area contributed by atoms with Gasteiger partial charge in [-0.3, -0.25) is 0 Å². The monoisotopic (exact) mass is 242 g/mol. The number of rotatable bonds is 5. The molecule has 0 aliphatic rings. The predicted octanol–water partition coefficient (Wildman–Crippen LogP) is 4.41. The molecule has 0 nitrogen and oxygen atoms in total. The standard InChI is InChI=1S/C13H19ClS/c1-10(7-14)8-15-9-13-5-4-11(2)12(3)6-13/h4-6,10H,7-9H2,1-3H3. The Morgan fingerprint density at radius 1 is 1.27 bits per heavy atom. The van der Waals surface area contributed by atoms with Crippen LogP contribution < -0.4 is 0 Å². The highest BCUT2D eigenvalue weighted by molar-refractivity contribution is 7.98. The van der Waals surface area contributed by atoms with Crippen molar-refractivity contribution >= 4 is 23.4 Å². The summed E-state index contributed by atoms with van der Waals surface area (Å²) < 4.78 is 0. The molecule has 0 radical (unpaired) electrons. The lowest BCUT2D eigenvalue weighted by atomic mass is 10.1. The number of halogens is 1. The third-order valence-electron chi connectivity index (χ3n) is 2.51. The Kier molecular flexibility index (Phi) is 5.55. The lowest BCUT2D eigenvalue weighted by Gasteiger charge is -2.08. The minimum atomic E-state index is 0.614. The maximum atomic E-state index is 5.77. The Morgan fingerprint density at radius 2 is 2.00 bits per heavy atom. The van der Waals surface area contributed by atoms with Crippen molar-refractivity contribution in [3.8, 4) is 0 Å². The Hall–Kier alpha value is -0.140. The van der Waals surface area contributed by atoms with E-state index in [1.165, 1.54) is 16.7 Å². The summed E-state index contributed by atoms with van der Waals surface area (Å²) in [4.78, 5) is 0. The summed E-state index contributed by atoms with van der Waals surface area (Å²) in [7, 11) is 0. The van der Waals surface area contributed by atoms with Crippen LogP contribution in [0.25, 0.3) is 0 Å². The van der Waals surface area contributed by atoms with Gasteiger partial charge < -0.3 is 0 Å². The first-order valence-electron chi connectivity index (χ1n) is 5.33. The molecule has 0 saturated heterocycles. The molecular weight excluding hydrogens is 224 g/mol. The van der Waals surface area contributed by atoms with E-state index >= 15 is 0 Å². The minimum Gasteiger partial charge on any atom is -0.157 e. The molecular formula is C13H19ClS. The van der Waals surface area contributed by atoms with Crippen LogP contribution in [0.15, 0.2) is 18.2 Å². The first-order chi connectivity index (χ1) is 7.13. The summed E-state index contributed by atoms with van der Waals surface area (Å²) in [6.45, 7) is 6.52. The number of hydrogen-bond donors (Lipinski definition) is 0. The summed E-state index contributed by atoms with van der Waals surface area (Å²) >= 11 is 7.74. The van der Waals surface area contributed by atoms with Crippen molar-refractivity contribution in [3.05, 3.63) is 34.9 Å². The molecule has 84 valence electrons. The molecule has 1 atom stereocenters. The molecule has 1 rings (SSSR count). The number of hydrogen-bond acceptors (Lipinski definition) is 1. The molecule has 0 aliphatic carbocycles. The number of thioether (sulfide) groups is 1. The van der Waals surface area contributed by atoms with Crippen LogP contribution in [0.2, 0.25) is 0 Å². The van der Waals surface area contributed by atoms with Crippen LogP contribution in [0, 0.1) is 19.8 Å². The van der Waals surface area contributed by atoms with E-state index in [-0.39, 0.29) is 0 Å². The van der Waals surface area contributed by atoms with E-state index in [2.05, 4.69) is 39.0 Å². The van der Waals surface area contributed by atoms with Crippen molar-refractivity contribution < 1.29 is 0 Å². The van der Waals surface area contributed by atoms with Crippen LogP contribution in [0.4, 0.5) is 0 Å². The number of alkyl halides is 1. The zero-order valence-corrected chi connectivity index (χ0v) is 11.3. The highest BCUT2D eigenvalue weighted by Crippen LogP contribution is 2.18. The van der Waals surface area contributed by atoms with Gasteiger partial charge in [-0.1, -0.05) is 25.1 Å². The first-order valence-corrected chi connectivity index (χ1v) is 7.02. The van der Waals surface area contributed by atoms with Gasteiger partial charge in [0.15, 0.2) is 0 Å². The topological polar surface area (TPSA) is 0 Å². The normalized spacial score (nSPS) is 12.8. The van der Waals surface area contributed by atoms with E-state index < -0.39 is 0 Å². The second-order valence-electron chi connectivity index (χ2n) is 4.19. The molecule has 1 unspecified atom stereocenters. The van der Waals surface area contributed by atoms with Crippen molar-refractivity contribution in [1.82, 2.24) is 0 Å². The number of benzene rings is 1. The van der Waals surface area contributed by atoms with Gasteiger partial charge in [0, 0.05) is 11.6 Å². The highest BCUT2D eigenvalue weighted by Gasteiger charge is 2.01. The molecule has 1 aromatic carbocycles. The molecule has 1 aromatic rings. The maximum absolute atomic E-state index is 5.77. The Labute approximate surface area is 102 Å². The van der Waals surface area contributed by atoms with E-state index in [9.17, 15) is 0 Å². The smallest absolute Gasteiger partial charge is 0.0257 e. The van der Waals surface area contributed by atoms with Crippen molar-refractivity contribution in [2.45, 2.75) is 26.5 Å². The average molecular weight is 243 g/mol. The van der Waals surface area contributed by atoms with Gasteiger partial charge in [-0.15, -0.1) is 11.6 Å². The van der Waals surface area contributed by atoms with Crippen LogP contribution in [-0.4, -0.2) is 11.6 Å². The zero-order chi connectivity index (χ0) is 11.3. The molecule has 0 N–H and O–H groups in total. The molecule has 2 heteroatoms. The summed E-state index contributed by atoms with van der Waals surface area (Å²) in [6, 6.07) is 6.71. The predicted molar refractivity (Wildman–Crippen MR) is 72.0 cm³/mol. The van der Waals surface area contributed by atoms with Crippen molar-refractivity contribution in [1.29, 1.82) is 0 Å². The molecule has 0 aliphatic heterocycles. The van der Waals surface area contributed by atoms with Crippen LogP contribution in [-0.2, 0) is 5.75 Å². The summed E-state index contributed by atoms with van der Waals surface area (Å²) in [6.07, 6.45) is 0. The summed E-state index contributed by atoms with van der Waals surface area (Å²) in [5, 5.41) is 0. The average Bonchev–Trinajstić information content (AvgIpc) is 2.23. The fourth-order valence-corrected chi connectivity index (χ4v) is 2.61. The van der Waals surface area contributed by atoms with E-state index in [0.29, 0.717) is 5.92 Å². The van der Waals surface area contributed by atoms with E-state index in [0.717, 1.165) is 17.4 Å². The highest BCUT2D eigenvalue weighted by atomic mass is 35.5. The molecule has 0 saturated carbocycles. The molecule has 15 heavy (non-hydrogen) atoms. The lowest BCUT2D eigenvalue weighted by Crippen LogP contribution is -1.99. The Morgan fingerprint density at radius 3 is 2.60 bits per heavy atom. The van der Waals surface area contributed by atoms with E-state index in [4.69, 9.17) is 11.6 Å². The molecule has 0 fully saturated rings. The minimum absolute atomic E-state index is 0.614. The zero-order valence-electron chi connectivity index (χ0n) is 9.72. The van der Waals surface area contributed by atoms with E-state index in [1.54, 1.807) is 0 Å². The van der Waals surface area contributed by atoms with Gasteiger partial charge in [0.25, 0.3) is 0 Å². The fraction of sp³-hybridized carbons (Fsp3) is 0.538. The van der Waals surface area contributed by atoms with E-state index in [1.807, 2.05) is 11.8 Å². The quantitative estimate of drug-likeness (QED) is 0.690.